The van der Waals surface area contributed by atoms with E-state index in [0.717, 1.165) is 6.08 Å². The number of carbonyl (C=O) groups is 1. The number of hydrogen-bond acceptors (Lipinski definition) is 3. The first kappa shape index (κ1) is 8.72. The molecular formula is C6H8O4. The van der Waals surface area contributed by atoms with Crippen LogP contribution in [0.15, 0.2) is 6.08 Å². The molecule has 0 atom stereocenters. The lowest BCUT2D eigenvalue weighted by Gasteiger charge is -2.15. The molecule has 0 fully saturated rings. The van der Waals surface area contributed by atoms with Crippen LogP contribution in [0.3, 0.4) is 0 Å². The summed E-state index contributed by atoms with van der Waals surface area (Å²) in [6.07, 6.45) is -0.405. The van der Waals surface area contributed by atoms with Crippen molar-refractivity contribution < 1.29 is 19.4 Å². The number of carboxylic acid groups (broad SMARTS) is 1. The van der Waals surface area contributed by atoms with Crippen molar-refractivity contribution in [2.24, 2.45) is 0 Å². The quantitative estimate of drug-likeness (QED) is 0.461. The molecule has 0 rings (SSSR count). The first-order valence-corrected chi connectivity index (χ1v) is 2.62. The van der Waals surface area contributed by atoms with Crippen LogP contribution < -0.4 is 0 Å². The van der Waals surface area contributed by atoms with Crippen LogP contribution >= 0.6 is 0 Å². The van der Waals surface area contributed by atoms with Gasteiger partial charge in [0.1, 0.15) is 11.5 Å². The van der Waals surface area contributed by atoms with E-state index in [1.807, 2.05) is 0 Å². The van der Waals surface area contributed by atoms with Crippen LogP contribution in [0.25, 0.3) is 0 Å². The van der Waals surface area contributed by atoms with Crippen molar-refractivity contribution in [1.82, 2.24) is 0 Å². The van der Waals surface area contributed by atoms with Gasteiger partial charge in [0, 0.05) is 6.08 Å². The summed E-state index contributed by atoms with van der Waals surface area (Å²) in [5.41, 5.74) is -1.08. The van der Waals surface area contributed by atoms with Gasteiger partial charge in [0.15, 0.2) is 0 Å². The molecular weight excluding hydrogens is 136 g/mol. The highest BCUT2D eigenvalue weighted by atomic mass is 16.7. The molecule has 0 bridgehead atoms. The van der Waals surface area contributed by atoms with Crippen LogP contribution in [0.4, 0.5) is 4.79 Å². The zero-order chi connectivity index (χ0) is 8.20. The lowest BCUT2D eigenvalue weighted by Crippen LogP contribution is -2.24. The highest BCUT2D eigenvalue weighted by molar-refractivity contribution is 5.59. The summed E-state index contributed by atoms with van der Waals surface area (Å²) in [5.74, 6) is 1.45. The molecule has 0 saturated heterocycles. The minimum absolute atomic E-state index is 1.00. The Balaban J connectivity index is 4.12. The van der Waals surface area contributed by atoms with Gasteiger partial charge in [0.05, 0.1) is 0 Å². The van der Waals surface area contributed by atoms with Crippen molar-refractivity contribution in [3.63, 3.8) is 0 Å². The summed E-state index contributed by atoms with van der Waals surface area (Å²) in [6.45, 7) is 2.90. The lowest BCUT2D eigenvalue weighted by molar-refractivity contribution is 0.0312. The highest BCUT2D eigenvalue weighted by Crippen LogP contribution is 2.08. The molecule has 0 aromatic rings. The van der Waals surface area contributed by atoms with E-state index >= 15 is 0 Å². The molecule has 0 aromatic heterocycles. The second-order valence-corrected chi connectivity index (χ2v) is 2.23. The average Bonchev–Trinajstić information content (AvgIpc) is 1.59. The van der Waals surface area contributed by atoms with Crippen molar-refractivity contribution >= 4 is 12.1 Å². The van der Waals surface area contributed by atoms with E-state index in [2.05, 4.69) is 4.74 Å². The van der Waals surface area contributed by atoms with E-state index in [-0.39, 0.29) is 0 Å². The van der Waals surface area contributed by atoms with Gasteiger partial charge < -0.3 is 9.84 Å². The van der Waals surface area contributed by atoms with E-state index in [9.17, 15) is 9.59 Å². The van der Waals surface area contributed by atoms with Crippen LogP contribution in [0, 0.1) is 0 Å². The van der Waals surface area contributed by atoms with E-state index < -0.39 is 11.8 Å². The molecule has 0 amide bonds. The fourth-order valence-electron chi connectivity index (χ4n) is 0.396. The molecule has 0 saturated carbocycles. The number of rotatable bonds is 2. The summed E-state index contributed by atoms with van der Waals surface area (Å²) in [6, 6.07) is 0. The van der Waals surface area contributed by atoms with Crippen LogP contribution in [0.1, 0.15) is 13.8 Å². The third-order valence-electron chi connectivity index (χ3n) is 0.757. The molecule has 56 valence electrons. The Hall–Kier alpha value is -1.28. The highest BCUT2D eigenvalue weighted by Gasteiger charge is 2.18. The molecule has 0 aromatic carbocycles. The summed E-state index contributed by atoms with van der Waals surface area (Å²) < 4.78 is 4.28. The van der Waals surface area contributed by atoms with Gasteiger partial charge in [-0.25, -0.2) is 9.59 Å². The summed E-state index contributed by atoms with van der Waals surface area (Å²) in [4.78, 5) is 19.7. The minimum atomic E-state index is -1.41. The fourth-order valence-corrected chi connectivity index (χ4v) is 0.396. The third kappa shape index (κ3) is 3.69. The van der Waals surface area contributed by atoms with E-state index in [4.69, 9.17) is 5.11 Å². The zero-order valence-corrected chi connectivity index (χ0v) is 5.75. The first-order valence-electron chi connectivity index (χ1n) is 2.62. The topological polar surface area (TPSA) is 63.6 Å². The van der Waals surface area contributed by atoms with Crippen molar-refractivity contribution in [3.05, 3.63) is 6.08 Å². The molecule has 0 aliphatic carbocycles. The molecule has 0 heterocycles. The molecule has 1 N–H and O–H groups in total. The normalized spacial score (nSPS) is 9.80. The maximum Gasteiger partial charge on any atom is 0.506 e. The van der Waals surface area contributed by atoms with Crippen LogP contribution in [0.2, 0.25) is 0 Å². The molecule has 0 unspecified atom stereocenters. The first-order chi connectivity index (χ1) is 4.48. The Bertz CT molecular complexity index is 176. The molecule has 0 aliphatic rings. The van der Waals surface area contributed by atoms with Gasteiger partial charge in [0.2, 0.25) is 0 Å². The second-order valence-electron chi connectivity index (χ2n) is 2.23. The van der Waals surface area contributed by atoms with Crippen LogP contribution in [0.5, 0.6) is 0 Å². The fraction of sp³-hybridized carbons (Fsp3) is 0.500. The van der Waals surface area contributed by atoms with Gasteiger partial charge in [-0.05, 0) is 13.8 Å². The van der Waals surface area contributed by atoms with E-state index in [1.165, 1.54) is 19.8 Å². The zero-order valence-electron chi connectivity index (χ0n) is 5.75. The molecule has 4 heteroatoms. The SMILES string of the molecule is CC(C)(C=C=O)OC(=O)O. The van der Waals surface area contributed by atoms with E-state index in [1.54, 1.807) is 0 Å². The van der Waals surface area contributed by atoms with Crippen molar-refractivity contribution in [3.8, 4) is 0 Å². The maximum absolute atomic E-state index is 9.92. The Morgan fingerprint density at radius 3 is 2.50 bits per heavy atom. The molecule has 0 radical (unpaired) electrons. The Morgan fingerprint density at radius 2 is 2.20 bits per heavy atom. The van der Waals surface area contributed by atoms with Crippen molar-refractivity contribution in [2.75, 3.05) is 0 Å². The number of carbonyl (C=O) groups excluding carboxylic acids is 1. The van der Waals surface area contributed by atoms with Gasteiger partial charge in [-0.3, -0.25) is 0 Å². The lowest BCUT2D eigenvalue weighted by atomic mass is 10.1. The van der Waals surface area contributed by atoms with Crippen LogP contribution in [-0.4, -0.2) is 22.8 Å². The van der Waals surface area contributed by atoms with Gasteiger partial charge in [-0.2, -0.15) is 0 Å². The largest absolute Gasteiger partial charge is 0.506 e. The summed E-state index contributed by atoms with van der Waals surface area (Å²) in [7, 11) is 0. The van der Waals surface area contributed by atoms with Crippen molar-refractivity contribution in [1.29, 1.82) is 0 Å². The Kier molecular flexibility index (Phi) is 2.65. The number of hydrogen-bond donors (Lipinski definition) is 1. The predicted octanol–water partition coefficient (Wildman–Crippen LogP) is 0.847. The molecule has 0 aliphatic heterocycles. The Morgan fingerprint density at radius 1 is 1.70 bits per heavy atom. The average molecular weight is 144 g/mol. The third-order valence-corrected chi connectivity index (χ3v) is 0.757. The van der Waals surface area contributed by atoms with Gasteiger partial charge >= 0.3 is 6.16 Å². The van der Waals surface area contributed by atoms with Gasteiger partial charge in [-0.1, -0.05) is 0 Å². The van der Waals surface area contributed by atoms with E-state index in [0.29, 0.717) is 0 Å². The van der Waals surface area contributed by atoms with Crippen molar-refractivity contribution in [2.45, 2.75) is 19.4 Å². The standard InChI is InChI=1S/C6H8O4/c1-6(2,3-4-7)10-5(8)9/h3H,1-2H3,(H,8,9). The Labute approximate surface area is 58.1 Å². The second kappa shape index (κ2) is 3.03. The monoisotopic (exact) mass is 144 g/mol. The molecule has 0 spiro atoms. The minimum Gasteiger partial charge on any atom is -0.450 e. The predicted molar refractivity (Wildman–Crippen MR) is 33.5 cm³/mol. The van der Waals surface area contributed by atoms with Crippen LogP contribution in [-0.2, 0) is 9.53 Å². The smallest absolute Gasteiger partial charge is 0.450 e. The summed E-state index contributed by atoms with van der Waals surface area (Å²) in [5, 5.41) is 8.10. The van der Waals surface area contributed by atoms with Gasteiger partial charge in [0.25, 0.3) is 0 Å². The summed E-state index contributed by atoms with van der Waals surface area (Å²) >= 11 is 0. The van der Waals surface area contributed by atoms with Gasteiger partial charge in [-0.15, -0.1) is 0 Å². The molecule has 10 heavy (non-hydrogen) atoms. The molecule has 4 nitrogen and oxygen atoms in total. The number of ether oxygens (including phenoxy) is 1. The maximum atomic E-state index is 9.92.